The van der Waals surface area contributed by atoms with Gasteiger partial charge in [0.05, 0.1) is 26.0 Å². The molecule has 1 aliphatic rings. The molecule has 1 aliphatic heterocycles. The summed E-state index contributed by atoms with van der Waals surface area (Å²) >= 11 is 0. The van der Waals surface area contributed by atoms with Crippen molar-refractivity contribution in [3.63, 3.8) is 0 Å². The van der Waals surface area contributed by atoms with Gasteiger partial charge in [-0.15, -0.1) is 0 Å². The Labute approximate surface area is 210 Å². The van der Waals surface area contributed by atoms with Gasteiger partial charge in [-0.2, -0.15) is 0 Å². The van der Waals surface area contributed by atoms with Crippen molar-refractivity contribution >= 4 is 23.6 Å². The van der Waals surface area contributed by atoms with Crippen molar-refractivity contribution in [1.82, 2.24) is 5.43 Å². The zero-order valence-corrected chi connectivity index (χ0v) is 20.2. The molecule has 0 unspecified atom stereocenters. The highest BCUT2D eigenvalue weighted by molar-refractivity contribution is 6.31. The van der Waals surface area contributed by atoms with Gasteiger partial charge >= 0.3 is 0 Å². The Balaban J connectivity index is 1.29. The molecule has 2 amide bonds. The van der Waals surface area contributed by atoms with Crippen molar-refractivity contribution in [1.29, 1.82) is 0 Å². The van der Waals surface area contributed by atoms with E-state index in [1.165, 1.54) is 18.2 Å². The lowest BCUT2D eigenvalue weighted by atomic mass is 10.1. The van der Waals surface area contributed by atoms with Crippen LogP contribution in [0.5, 0.6) is 17.2 Å². The highest BCUT2D eigenvalue weighted by Gasteiger charge is 2.34. The van der Waals surface area contributed by atoms with Gasteiger partial charge in [-0.1, -0.05) is 42.5 Å². The van der Waals surface area contributed by atoms with Crippen LogP contribution in [0.2, 0.25) is 0 Å². The van der Waals surface area contributed by atoms with Gasteiger partial charge in [-0.3, -0.25) is 15.0 Å². The maximum absolute atomic E-state index is 12.8. The number of ether oxygens (including phenoxy) is 4. The highest BCUT2D eigenvalue weighted by Crippen LogP contribution is 2.30. The number of benzene rings is 3. The number of carbonyl (C=O) groups excluding carboxylic acids is 2. The molecule has 0 aromatic heterocycles. The number of para-hydroxylation sites is 2. The first-order chi connectivity index (χ1) is 17.6. The Morgan fingerprint density at radius 1 is 0.806 bits per heavy atom. The number of aryl methyl sites for hydroxylation is 1. The van der Waals surface area contributed by atoms with Gasteiger partial charge in [0.25, 0.3) is 11.8 Å². The fourth-order valence-electron chi connectivity index (χ4n) is 3.62. The number of methoxy groups -OCH3 is 1. The number of nitrogens with one attached hydrogen (secondary N) is 1. The third-order valence-corrected chi connectivity index (χ3v) is 5.47. The number of hydrazine groups is 1. The average Bonchev–Trinajstić information content (AvgIpc) is 3.18. The molecule has 1 fully saturated rings. The molecule has 186 valence electrons. The zero-order chi connectivity index (χ0) is 25.3. The number of amides is 2. The van der Waals surface area contributed by atoms with Crippen molar-refractivity contribution in [2.45, 2.75) is 6.92 Å². The lowest BCUT2D eigenvalue weighted by Crippen LogP contribution is -2.35. The van der Waals surface area contributed by atoms with E-state index in [1.54, 1.807) is 42.5 Å². The average molecular weight is 489 g/mol. The number of hydrogen-bond acceptors (Lipinski definition) is 6. The summed E-state index contributed by atoms with van der Waals surface area (Å²) in [7, 11) is 1.53. The number of nitrogens with zero attached hydrogens (tertiary/aromatic N) is 1. The first kappa shape index (κ1) is 24.8. The second-order valence-electron chi connectivity index (χ2n) is 7.96. The minimum absolute atomic E-state index is 0.0379. The first-order valence-corrected chi connectivity index (χ1v) is 11.6. The second kappa shape index (κ2) is 11.9. The van der Waals surface area contributed by atoms with E-state index >= 15 is 0 Å². The number of hydrogen-bond donors (Lipinski definition) is 1. The Morgan fingerprint density at radius 2 is 1.50 bits per heavy atom. The van der Waals surface area contributed by atoms with Crippen molar-refractivity contribution in [3.8, 4) is 17.2 Å². The van der Waals surface area contributed by atoms with E-state index in [-0.39, 0.29) is 5.57 Å². The van der Waals surface area contributed by atoms with E-state index < -0.39 is 11.8 Å². The minimum Gasteiger partial charge on any atom is -0.493 e. The van der Waals surface area contributed by atoms with Crippen LogP contribution < -0.4 is 24.6 Å². The smallest absolute Gasteiger partial charge is 0.282 e. The lowest BCUT2D eigenvalue weighted by Gasteiger charge is -2.14. The fraction of sp³-hybridized carbons (Fsp3) is 0.214. The molecule has 1 heterocycles. The zero-order valence-electron chi connectivity index (χ0n) is 20.2. The van der Waals surface area contributed by atoms with Crippen LogP contribution in [-0.2, 0) is 14.3 Å². The van der Waals surface area contributed by atoms with Crippen LogP contribution in [0, 0.1) is 6.92 Å². The predicted octanol–water partition coefficient (Wildman–Crippen LogP) is 3.94. The third-order valence-electron chi connectivity index (χ3n) is 5.47. The summed E-state index contributed by atoms with van der Waals surface area (Å²) < 4.78 is 22.5. The van der Waals surface area contributed by atoms with Crippen LogP contribution in [0.3, 0.4) is 0 Å². The topological polar surface area (TPSA) is 86.3 Å². The molecule has 0 radical (unpaired) electrons. The summed E-state index contributed by atoms with van der Waals surface area (Å²) in [5.74, 6) is 0.980. The largest absolute Gasteiger partial charge is 0.493 e. The van der Waals surface area contributed by atoms with Crippen LogP contribution in [0.1, 0.15) is 11.1 Å². The second-order valence-corrected chi connectivity index (χ2v) is 7.96. The normalized spacial score (nSPS) is 14.2. The van der Waals surface area contributed by atoms with Crippen molar-refractivity contribution in [2.75, 3.05) is 38.5 Å². The van der Waals surface area contributed by atoms with E-state index in [1.807, 2.05) is 37.3 Å². The number of rotatable bonds is 11. The van der Waals surface area contributed by atoms with Crippen molar-refractivity contribution in [3.05, 3.63) is 89.5 Å². The van der Waals surface area contributed by atoms with E-state index in [4.69, 9.17) is 18.9 Å². The maximum atomic E-state index is 12.8. The molecule has 0 spiro atoms. The van der Waals surface area contributed by atoms with E-state index in [0.29, 0.717) is 49.2 Å². The van der Waals surface area contributed by atoms with Gasteiger partial charge in [-0.25, -0.2) is 5.01 Å². The lowest BCUT2D eigenvalue weighted by molar-refractivity contribution is -0.117. The summed E-state index contributed by atoms with van der Waals surface area (Å²) in [5.41, 5.74) is 4.93. The fourth-order valence-corrected chi connectivity index (χ4v) is 3.62. The van der Waals surface area contributed by atoms with Crippen LogP contribution in [0.15, 0.2) is 78.4 Å². The summed E-state index contributed by atoms with van der Waals surface area (Å²) in [6.45, 7) is 3.60. The molecular formula is C28H28N2O6. The van der Waals surface area contributed by atoms with Gasteiger partial charge in [0, 0.05) is 0 Å². The van der Waals surface area contributed by atoms with Crippen molar-refractivity contribution in [2.24, 2.45) is 0 Å². The van der Waals surface area contributed by atoms with Crippen LogP contribution >= 0.6 is 0 Å². The van der Waals surface area contributed by atoms with Gasteiger partial charge in [-0.05, 0) is 54.5 Å². The summed E-state index contributed by atoms with van der Waals surface area (Å²) in [4.78, 5) is 25.2. The number of anilines is 1. The van der Waals surface area contributed by atoms with Gasteiger partial charge in [0.15, 0.2) is 11.5 Å². The Morgan fingerprint density at radius 3 is 2.22 bits per heavy atom. The molecule has 4 rings (SSSR count). The van der Waals surface area contributed by atoms with Crippen molar-refractivity contribution < 1.29 is 28.5 Å². The van der Waals surface area contributed by atoms with Gasteiger partial charge in [0.1, 0.15) is 24.5 Å². The quantitative estimate of drug-likeness (QED) is 0.250. The molecule has 1 N–H and O–H groups in total. The van der Waals surface area contributed by atoms with E-state index in [0.717, 1.165) is 11.3 Å². The SMILES string of the molecule is COc1cc(/C=C2\C(=O)NN(c3ccccc3)C2=O)ccc1OCCOCCOc1ccccc1C. The van der Waals surface area contributed by atoms with Gasteiger partial charge in [0.2, 0.25) is 0 Å². The molecule has 1 saturated heterocycles. The maximum Gasteiger partial charge on any atom is 0.282 e. The summed E-state index contributed by atoms with van der Waals surface area (Å²) in [6.07, 6.45) is 1.53. The monoisotopic (exact) mass is 488 g/mol. The molecule has 36 heavy (non-hydrogen) atoms. The molecule has 8 nitrogen and oxygen atoms in total. The predicted molar refractivity (Wildman–Crippen MR) is 136 cm³/mol. The van der Waals surface area contributed by atoms with Crippen LogP contribution in [0.25, 0.3) is 6.08 Å². The molecule has 0 atom stereocenters. The van der Waals surface area contributed by atoms with Crippen LogP contribution in [0.4, 0.5) is 5.69 Å². The molecule has 0 saturated carbocycles. The number of carbonyl (C=O) groups is 2. The summed E-state index contributed by atoms with van der Waals surface area (Å²) in [5, 5.41) is 1.23. The Bertz CT molecular complexity index is 1240. The van der Waals surface area contributed by atoms with E-state index in [9.17, 15) is 9.59 Å². The third kappa shape index (κ3) is 6.03. The molecule has 8 heteroatoms. The highest BCUT2D eigenvalue weighted by atomic mass is 16.6. The molecule has 0 bridgehead atoms. The first-order valence-electron chi connectivity index (χ1n) is 11.6. The standard InChI is InChI=1S/C28H28N2O6/c1-20-8-6-7-11-24(20)35-16-14-34-15-17-36-25-13-12-21(19-26(25)33-2)18-23-27(31)29-30(28(23)32)22-9-4-3-5-10-22/h3-13,18-19H,14-17H2,1-2H3,(H,29,31)/b23-18+. The summed E-state index contributed by atoms with van der Waals surface area (Å²) in [6, 6.07) is 22.0. The Hall–Kier alpha value is -4.30. The molecule has 3 aromatic carbocycles. The minimum atomic E-state index is -0.466. The van der Waals surface area contributed by atoms with Gasteiger partial charge < -0.3 is 18.9 Å². The molecule has 0 aliphatic carbocycles. The van der Waals surface area contributed by atoms with E-state index in [2.05, 4.69) is 5.43 Å². The molecule has 3 aromatic rings. The molecular weight excluding hydrogens is 460 g/mol. The Kier molecular flexibility index (Phi) is 8.20. The van der Waals surface area contributed by atoms with Crippen LogP contribution in [-0.4, -0.2) is 45.4 Å².